The molecule has 1 aliphatic heterocycles. The Morgan fingerprint density at radius 3 is 2.58 bits per heavy atom. The van der Waals surface area contributed by atoms with Gasteiger partial charge in [-0.1, -0.05) is 24.3 Å². The van der Waals surface area contributed by atoms with Crippen molar-refractivity contribution < 1.29 is 19.4 Å². The monoisotopic (exact) mass is 322 g/mol. The molecule has 0 fully saturated rings. The Bertz CT molecular complexity index is 852. The highest BCUT2D eigenvalue weighted by Gasteiger charge is 2.39. The van der Waals surface area contributed by atoms with Gasteiger partial charge in [0, 0.05) is 12.1 Å². The predicted octanol–water partition coefficient (Wildman–Crippen LogP) is 2.61. The molecule has 0 saturated carbocycles. The molecule has 0 aliphatic carbocycles. The van der Waals surface area contributed by atoms with Gasteiger partial charge < -0.3 is 14.7 Å². The summed E-state index contributed by atoms with van der Waals surface area (Å²) in [5, 5.41) is 18.4. The number of nitriles is 1. The molecule has 0 bridgehead atoms. The molecule has 0 aromatic heterocycles. The fourth-order valence-electron chi connectivity index (χ4n) is 2.86. The van der Waals surface area contributed by atoms with E-state index >= 15 is 0 Å². The zero-order valence-corrected chi connectivity index (χ0v) is 12.9. The van der Waals surface area contributed by atoms with Crippen molar-refractivity contribution in [1.82, 2.24) is 4.90 Å². The molecule has 1 amide bonds. The van der Waals surface area contributed by atoms with Crippen LogP contribution in [0.4, 0.5) is 0 Å². The number of benzene rings is 2. The highest BCUT2D eigenvalue weighted by atomic mass is 16.5. The quantitative estimate of drug-likeness (QED) is 0.934. The Balaban J connectivity index is 1.93. The molecular weight excluding hydrogens is 308 g/mol. The summed E-state index contributed by atoms with van der Waals surface area (Å²) >= 11 is 0. The van der Waals surface area contributed by atoms with Crippen LogP contribution < -0.4 is 4.74 Å². The molecule has 1 aliphatic rings. The second kappa shape index (κ2) is 6.05. The summed E-state index contributed by atoms with van der Waals surface area (Å²) in [6, 6.07) is 12.9. The molecule has 0 spiro atoms. The fourth-order valence-corrected chi connectivity index (χ4v) is 2.86. The Labute approximate surface area is 138 Å². The van der Waals surface area contributed by atoms with Crippen LogP contribution in [-0.2, 0) is 6.54 Å². The van der Waals surface area contributed by atoms with Gasteiger partial charge in [0.05, 0.1) is 24.3 Å². The second-order valence-electron chi connectivity index (χ2n) is 5.39. The number of rotatable bonds is 4. The lowest BCUT2D eigenvalue weighted by atomic mass is 10.0. The maximum Gasteiger partial charge on any atom is 0.335 e. The maximum atomic E-state index is 12.7. The van der Waals surface area contributed by atoms with Gasteiger partial charge >= 0.3 is 5.97 Å². The average molecular weight is 322 g/mol. The van der Waals surface area contributed by atoms with Crippen molar-refractivity contribution in [1.29, 1.82) is 5.26 Å². The normalized spacial score (nSPS) is 15.8. The van der Waals surface area contributed by atoms with E-state index in [1.165, 1.54) is 24.1 Å². The molecule has 1 heterocycles. The van der Waals surface area contributed by atoms with Crippen molar-refractivity contribution >= 4 is 11.9 Å². The Morgan fingerprint density at radius 2 is 2.00 bits per heavy atom. The molecule has 6 nitrogen and oxygen atoms in total. The lowest BCUT2D eigenvalue weighted by molar-refractivity contribution is 0.0694. The number of amides is 1. The summed E-state index contributed by atoms with van der Waals surface area (Å²) in [7, 11) is 1.48. The van der Waals surface area contributed by atoms with Crippen LogP contribution in [0, 0.1) is 11.3 Å². The van der Waals surface area contributed by atoms with E-state index in [1.807, 2.05) is 0 Å². The Morgan fingerprint density at radius 1 is 1.29 bits per heavy atom. The van der Waals surface area contributed by atoms with Crippen molar-refractivity contribution in [2.45, 2.75) is 12.6 Å². The SMILES string of the molecule is COc1cccc2c1C(=O)N(Cc1ccc(C(=O)O)cc1)C2C#N. The smallest absolute Gasteiger partial charge is 0.335 e. The first-order valence-corrected chi connectivity index (χ1v) is 7.26. The Hall–Kier alpha value is -3.33. The zero-order chi connectivity index (χ0) is 17.3. The molecule has 6 heteroatoms. The summed E-state index contributed by atoms with van der Waals surface area (Å²) in [5.41, 5.74) is 1.96. The third kappa shape index (κ3) is 2.46. The van der Waals surface area contributed by atoms with Gasteiger partial charge in [-0.15, -0.1) is 0 Å². The number of methoxy groups -OCH3 is 1. The van der Waals surface area contributed by atoms with Gasteiger partial charge in [-0.05, 0) is 23.8 Å². The summed E-state index contributed by atoms with van der Waals surface area (Å²) in [4.78, 5) is 25.1. The van der Waals surface area contributed by atoms with Crippen molar-refractivity contribution in [2.24, 2.45) is 0 Å². The molecule has 1 unspecified atom stereocenters. The lowest BCUT2D eigenvalue weighted by Crippen LogP contribution is -2.27. The van der Waals surface area contributed by atoms with Gasteiger partial charge in [0.2, 0.25) is 0 Å². The van der Waals surface area contributed by atoms with Crippen LogP contribution >= 0.6 is 0 Å². The van der Waals surface area contributed by atoms with Crippen LogP contribution in [0.3, 0.4) is 0 Å². The number of hydrogen-bond donors (Lipinski definition) is 1. The first-order valence-electron chi connectivity index (χ1n) is 7.26. The van der Waals surface area contributed by atoms with Crippen LogP contribution in [0.25, 0.3) is 0 Å². The van der Waals surface area contributed by atoms with Crippen LogP contribution in [0.5, 0.6) is 5.75 Å². The topological polar surface area (TPSA) is 90.6 Å². The van der Waals surface area contributed by atoms with Gasteiger partial charge in [0.1, 0.15) is 11.8 Å². The molecule has 3 rings (SSSR count). The van der Waals surface area contributed by atoms with E-state index in [0.29, 0.717) is 16.9 Å². The van der Waals surface area contributed by atoms with Gasteiger partial charge in [-0.2, -0.15) is 5.26 Å². The number of nitrogens with zero attached hydrogens (tertiary/aromatic N) is 2. The van der Waals surface area contributed by atoms with Gasteiger partial charge in [0.15, 0.2) is 0 Å². The summed E-state index contributed by atoms with van der Waals surface area (Å²) in [5.74, 6) is -0.830. The molecule has 0 saturated heterocycles. The number of carbonyl (C=O) groups excluding carboxylic acids is 1. The molecule has 120 valence electrons. The summed E-state index contributed by atoms with van der Waals surface area (Å²) in [6.45, 7) is 0.217. The van der Waals surface area contributed by atoms with Crippen LogP contribution in [0.2, 0.25) is 0 Å². The third-order valence-corrected chi connectivity index (χ3v) is 4.04. The maximum absolute atomic E-state index is 12.7. The Kier molecular flexibility index (Phi) is 3.92. The molecule has 2 aromatic carbocycles. The predicted molar refractivity (Wildman–Crippen MR) is 84.6 cm³/mol. The molecule has 1 atom stereocenters. The van der Waals surface area contributed by atoms with Crippen molar-refractivity contribution in [3.63, 3.8) is 0 Å². The van der Waals surface area contributed by atoms with Crippen molar-refractivity contribution in [2.75, 3.05) is 7.11 Å². The van der Waals surface area contributed by atoms with E-state index in [0.717, 1.165) is 5.56 Å². The molecule has 0 radical (unpaired) electrons. The number of carboxylic acids is 1. The van der Waals surface area contributed by atoms with Crippen LogP contribution in [-0.4, -0.2) is 29.0 Å². The molecule has 2 aromatic rings. The standard InChI is InChI=1S/C18H14N2O4/c1-24-15-4-2-3-13-14(9-19)20(17(21)16(13)15)10-11-5-7-12(8-6-11)18(22)23/h2-8,14H,10H2,1H3,(H,22,23). The number of aromatic carboxylic acids is 1. The van der Waals surface area contributed by atoms with Crippen LogP contribution in [0.1, 0.15) is 37.9 Å². The van der Waals surface area contributed by atoms with E-state index in [1.54, 1.807) is 30.3 Å². The second-order valence-corrected chi connectivity index (χ2v) is 5.39. The molecular formula is C18H14N2O4. The number of carboxylic acid groups (broad SMARTS) is 1. The van der Waals surface area contributed by atoms with E-state index in [-0.39, 0.29) is 18.0 Å². The lowest BCUT2D eigenvalue weighted by Gasteiger charge is -2.20. The van der Waals surface area contributed by atoms with E-state index in [2.05, 4.69) is 6.07 Å². The minimum absolute atomic E-state index is 0.174. The molecule has 1 N–H and O–H groups in total. The van der Waals surface area contributed by atoms with Gasteiger partial charge in [-0.3, -0.25) is 4.79 Å². The van der Waals surface area contributed by atoms with E-state index < -0.39 is 12.0 Å². The number of fused-ring (bicyclic) bond motifs is 1. The third-order valence-electron chi connectivity index (χ3n) is 4.04. The highest BCUT2D eigenvalue weighted by Crippen LogP contribution is 2.39. The minimum Gasteiger partial charge on any atom is -0.496 e. The van der Waals surface area contributed by atoms with E-state index in [4.69, 9.17) is 9.84 Å². The number of hydrogen-bond acceptors (Lipinski definition) is 4. The first-order chi connectivity index (χ1) is 11.6. The summed E-state index contributed by atoms with van der Waals surface area (Å²) < 4.78 is 5.24. The molecule has 24 heavy (non-hydrogen) atoms. The fraction of sp³-hybridized carbons (Fsp3) is 0.167. The van der Waals surface area contributed by atoms with Gasteiger partial charge in [0.25, 0.3) is 5.91 Å². The van der Waals surface area contributed by atoms with Crippen LogP contribution in [0.15, 0.2) is 42.5 Å². The largest absolute Gasteiger partial charge is 0.496 e. The first kappa shape index (κ1) is 15.6. The van der Waals surface area contributed by atoms with Crippen molar-refractivity contribution in [3.05, 3.63) is 64.7 Å². The number of ether oxygens (including phenoxy) is 1. The average Bonchev–Trinajstić information content (AvgIpc) is 2.87. The van der Waals surface area contributed by atoms with E-state index in [9.17, 15) is 14.9 Å². The van der Waals surface area contributed by atoms with Gasteiger partial charge in [-0.25, -0.2) is 4.79 Å². The summed E-state index contributed by atoms with van der Waals surface area (Å²) in [6.07, 6.45) is 0. The van der Waals surface area contributed by atoms with Crippen molar-refractivity contribution in [3.8, 4) is 11.8 Å². The number of carbonyl (C=O) groups is 2. The highest BCUT2D eigenvalue weighted by molar-refractivity contribution is 6.02. The minimum atomic E-state index is -1.01. The zero-order valence-electron chi connectivity index (χ0n) is 12.9.